The molecule has 0 atom stereocenters. The Bertz CT molecular complexity index is 1290. The molecule has 5 rings (SSSR count). The van der Waals surface area contributed by atoms with Crippen LogP contribution in [0.4, 0.5) is 13.2 Å². The van der Waals surface area contributed by atoms with Gasteiger partial charge in [-0.05, 0) is 55.9 Å². The lowest BCUT2D eigenvalue weighted by Crippen LogP contribution is -2.04. The van der Waals surface area contributed by atoms with Crippen LogP contribution in [0.25, 0.3) is 43.8 Å². The molecular formula is C27H17F3. The molecule has 0 saturated heterocycles. The quantitative estimate of drug-likeness (QED) is 0.262. The number of alkyl halides is 3. The number of fused-ring (bicyclic) bond motifs is 2. The summed E-state index contributed by atoms with van der Waals surface area (Å²) >= 11 is 0. The first kappa shape index (κ1) is 18.4. The average Bonchev–Trinajstić information content (AvgIpc) is 2.77. The van der Waals surface area contributed by atoms with E-state index in [2.05, 4.69) is 24.3 Å². The monoisotopic (exact) mass is 398 g/mol. The molecule has 0 amide bonds. The van der Waals surface area contributed by atoms with E-state index in [1.54, 1.807) is 12.1 Å². The zero-order valence-corrected chi connectivity index (χ0v) is 15.9. The van der Waals surface area contributed by atoms with Crippen molar-refractivity contribution in [3.63, 3.8) is 0 Å². The van der Waals surface area contributed by atoms with Crippen LogP contribution in [0.15, 0.2) is 103 Å². The maximum atomic E-state index is 13.1. The Morgan fingerprint density at radius 3 is 1.17 bits per heavy atom. The summed E-state index contributed by atoms with van der Waals surface area (Å²) in [7, 11) is 0. The Kier molecular flexibility index (Phi) is 4.32. The molecule has 0 spiro atoms. The van der Waals surface area contributed by atoms with E-state index in [-0.39, 0.29) is 0 Å². The first-order valence-electron chi connectivity index (χ1n) is 9.70. The average molecular weight is 398 g/mol. The Labute approximate surface area is 172 Å². The number of benzene rings is 5. The van der Waals surface area contributed by atoms with Crippen LogP contribution in [-0.4, -0.2) is 0 Å². The van der Waals surface area contributed by atoms with Crippen LogP contribution in [0.5, 0.6) is 0 Å². The minimum Gasteiger partial charge on any atom is -0.166 e. The highest BCUT2D eigenvalue weighted by molar-refractivity contribution is 6.21. The van der Waals surface area contributed by atoms with E-state index in [0.717, 1.165) is 55.9 Å². The van der Waals surface area contributed by atoms with E-state index >= 15 is 0 Å². The zero-order chi connectivity index (χ0) is 20.7. The van der Waals surface area contributed by atoms with Crippen LogP contribution in [0.2, 0.25) is 0 Å². The summed E-state index contributed by atoms with van der Waals surface area (Å²) in [5.74, 6) is 0. The van der Waals surface area contributed by atoms with Crippen molar-refractivity contribution in [1.82, 2.24) is 0 Å². The lowest BCUT2D eigenvalue weighted by molar-refractivity contribution is -0.137. The molecule has 5 aromatic carbocycles. The van der Waals surface area contributed by atoms with Crippen molar-refractivity contribution in [2.24, 2.45) is 0 Å². The molecular weight excluding hydrogens is 381 g/mol. The lowest BCUT2D eigenvalue weighted by atomic mass is 9.86. The van der Waals surface area contributed by atoms with E-state index in [0.29, 0.717) is 0 Å². The van der Waals surface area contributed by atoms with Gasteiger partial charge in [0.05, 0.1) is 5.56 Å². The van der Waals surface area contributed by atoms with Crippen LogP contribution in [0, 0.1) is 0 Å². The summed E-state index contributed by atoms with van der Waals surface area (Å²) in [5, 5.41) is 4.21. The van der Waals surface area contributed by atoms with Gasteiger partial charge in [-0.1, -0.05) is 91.0 Å². The van der Waals surface area contributed by atoms with Crippen molar-refractivity contribution in [3.8, 4) is 22.3 Å². The predicted molar refractivity (Wildman–Crippen MR) is 117 cm³/mol. The van der Waals surface area contributed by atoms with E-state index in [1.165, 1.54) is 0 Å². The Morgan fingerprint density at radius 1 is 0.400 bits per heavy atom. The minimum atomic E-state index is -4.35. The lowest BCUT2D eigenvalue weighted by Gasteiger charge is -2.18. The van der Waals surface area contributed by atoms with Crippen LogP contribution in [0.3, 0.4) is 0 Å². The van der Waals surface area contributed by atoms with E-state index < -0.39 is 11.7 Å². The molecule has 0 nitrogen and oxygen atoms in total. The summed E-state index contributed by atoms with van der Waals surface area (Å²) in [6.45, 7) is 0. The molecule has 0 unspecified atom stereocenters. The molecule has 0 aromatic heterocycles. The van der Waals surface area contributed by atoms with Gasteiger partial charge in [0, 0.05) is 0 Å². The molecule has 0 fully saturated rings. The Morgan fingerprint density at radius 2 is 0.767 bits per heavy atom. The third-order valence-electron chi connectivity index (χ3n) is 5.49. The van der Waals surface area contributed by atoms with Gasteiger partial charge in [0.25, 0.3) is 0 Å². The third kappa shape index (κ3) is 3.03. The van der Waals surface area contributed by atoms with Gasteiger partial charge in [0.1, 0.15) is 0 Å². The molecule has 30 heavy (non-hydrogen) atoms. The second kappa shape index (κ2) is 7.03. The van der Waals surface area contributed by atoms with Crippen molar-refractivity contribution in [3.05, 3.63) is 109 Å². The zero-order valence-electron chi connectivity index (χ0n) is 15.9. The molecule has 5 aromatic rings. The second-order valence-electron chi connectivity index (χ2n) is 7.28. The van der Waals surface area contributed by atoms with Gasteiger partial charge in [-0.25, -0.2) is 0 Å². The summed E-state index contributed by atoms with van der Waals surface area (Å²) in [4.78, 5) is 0. The van der Waals surface area contributed by atoms with Crippen LogP contribution in [-0.2, 0) is 6.18 Å². The first-order valence-corrected chi connectivity index (χ1v) is 9.70. The smallest absolute Gasteiger partial charge is 0.166 e. The van der Waals surface area contributed by atoms with Gasteiger partial charge in [0.2, 0.25) is 0 Å². The molecule has 0 bridgehead atoms. The van der Waals surface area contributed by atoms with Crippen molar-refractivity contribution in [2.45, 2.75) is 6.18 Å². The maximum absolute atomic E-state index is 13.1. The Hall–Kier alpha value is -3.59. The molecule has 146 valence electrons. The fourth-order valence-corrected chi connectivity index (χ4v) is 4.18. The third-order valence-corrected chi connectivity index (χ3v) is 5.49. The number of hydrogen-bond donors (Lipinski definition) is 0. The van der Waals surface area contributed by atoms with Crippen molar-refractivity contribution in [2.75, 3.05) is 0 Å². The van der Waals surface area contributed by atoms with Gasteiger partial charge >= 0.3 is 6.18 Å². The molecule has 0 heterocycles. The number of rotatable bonds is 2. The highest BCUT2D eigenvalue weighted by Gasteiger charge is 2.30. The van der Waals surface area contributed by atoms with E-state index in [9.17, 15) is 13.2 Å². The molecule has 0 radical (unpaired) electrons. The van der Waals surface area contributed by atoms with Gasteiger partial charge < -0.3 is 0 Å². The van der Waals surface area contributed by atoms with Crippen molar-refractivity contribution < 1.29 is 13.2 Å². The standard InChI is InChI=1S/C27H17F3/c28-27(29,30)20-16-14-19(15-17-20)26-23-12-6-4-10-21(23)25(18-8-2-1-3-9-18)22-11-5-7-13-24(22)26/h1-17H. The highest BCUT2D eigenvalue weighted by Crippen LogP contribution is 2.43. The minimum absolute atomic E-state index is 0.638. The molecule has 3 heteroatoms. The second-order valence-corrected chi connectivity index (χ2v) is 7.28. The summed E-state index contributed by atoms with van der Waals surface area (Å²) in [5.41, 5.74) is 3.34. The molecule has 0 aliphatic carbocycles. The highest BCUT2D eigenvalue weighted by atomic mass is 19.4. The number of hydrogen-bond acceptors (Lipinski definition) is 0. The van der Waals surface area contributed by atoms with Crippen molar-refractivity contribution in [1.29, 1.82) is 0 Å². The normalized spacial score (nSPS) is 11.8. The van der Waals surface area contributed by atoms with Crippen molar-refractivity contribution >= 4 is 21.5 Å². The van der Waals surface area contributed by atoms with Crippen LogP contribution < -0.4 is 0 Å². The first-order chi connectivity index (χ1) is 14.5. The van der Waals surface area contributed by atoms with E-state index in [4.69, 9.17) is 0 Å². The molecule has 0 saturated carbocycles. The fraction of sp³-hybridized carbons (Fsp3) is 0.0370. The summed E-state index contributed by atoms with van der Waals surface area (Å²) < 4.78 is 39.2. The fourth-order valence-electron chi connectivity index (χ4n) is 4.18. The number of halogens is 3. The largest absolute Gasteiger partial charge is 0.416 e. The summed E-state index contributed by atoms with van der Waals surface area (Å²) in [6, 6.07) is 31.8. The summed E-state index contributed by atoms with van der Waals surface area (Å²) in [6.07, 6.45) is -4.35. The Balaban J connectivity index is 1.88. The van der Waals surface area contributed by atoms with Gasteiger partial charge in [0.15, 0.2) is 0 Å². The topological polar surface area (TPSA) is 0 Å². The molecule has 0 aliphatic heterocycles. The SMILES string of the molecule is FC(F)(F)c1ccc(-c2c3ccccc3c(-c3ccccc3)c3ccccc23)cc1. The van der Waals surface area contributed by atoms with Crippen LogP contribution >= 0.6 is 0 Å². The maximum Gasteiger partial charge on any atom is 0.416 e. The van der Waals surface area contributed by atoms with Gasteiger partial charge in [-0.2, -0.15) is 13.2 Å². The van der Waals surface area contributed by atoms with Gasteiger partial charge in [-0.3, -0.25) is 0 Å². The molecule has 0 aliphatic rings. The predicted octanol–water partition coefficient (Wildman–Crippen LogP) is 8.35. The van der Waals surface area contributed by atoms with E-state index in [1.807, 2.05) is 54.6 Å². The van der Waals surface area contributed by atoms with Crippen LogP contribution in [0.1, 0.15) is 5.56 Å². The molecule has 0 N–H and O–H groups in total. The van der Waals surface area contributed by atoms with Gasteiger partial charge in [-0.15, -0.1) is 0 Å².